The number of carbonyl (C=O) groups excluding carboxylic acids is 1. The third-order valence-corrected chi connectivity index (χ3v) is 3.58. The lowest BCUT2D eigenvalue weighted by Gasteiger charge is -2.27. The Morgan fingerprint density at radius 1 is 1.40 bits per heavy atom. The number of carbonyl (C=O) groups is 1. The molecule has 20 heavy (non-hydrogen) atoms. The number of methoxy groups -OCH3 is 1. The lowest BCUT2D eigenvalue weighted by Crippen LogP contribution is -2.44. The Hall–Kier alpha value is -1.81. The van der Waals surface area contributed by atoms with Crippen LogP contribution in [0.1, 0.15) is 31.2 Å². The van der Waals surface area contributed by atoms with Gasteiger partial charge in [0.05, 0.1) is 19.3 Å². The number of nitrogens with one attached hydrogen (secondary N) is 1. The van der Waals surface area contributed by atoms with E-state index in [9.17, 15) is 9.90 Å². The summed E-state index contributed by atoms with van der Waals surface area (Å²) in [5.41, 5.74) is 0.906. The van der Waals surface area contributed by atoms with Crippen molar-refractivity contribution in [1.82, 2.24) is 5.32 Å². The number of hydrogen-bond donors (Lipinski definition) is 2. The third kappa shape index (κ3) is 4.10. The summed E-state index contributed by atoms with van der Waals surface area (Å²) in [7, 11) is 1.61. The molecule has 0 heterocycles. The first-order valence-corrected chi connectivity index (χ1v) is 7.00. The molecule has 1 fully saturated rings. The molecule has 0 spiro atoms. The van der Waals surface area contributed by atoms with Gasteiger partial charge in [-0.05, 0) is 36.6 Å². The molecule has 2 rings (SSSR count). The molecule has 1 amide bonds. The molecular weight excluding hydrogens is 254 g/mol. The van der Waals surface area contributed by atoms with E-state index in [-0.39, 0.29) is 11.9 Å². The highest BCUT2D eigenvalue weighted by atomic mass is 16.5. The highest BCUT2D eigenvalue weighted by Crippen LogP contribution is 2.18. The van der Waals surface area contributed by atoms with Crippen molar-refractivity contribution in [2.45, 2.75) is 37.8 Å². The molecule has 0 aliphatic heterocycles. The molecule has 108 valence electrons. The summed E-state index contributed by atoms with van der Waals surface area (Å²) >= 11 is 0. The fraction of sp³-hybridized carbons (Fsp3) is 0.438. The molecule has 1 aliphatic carbocycles. The molecule has 2 atom stereocenters. The molecule has 0 bridgehead atoms. The highest BCUT2D eigenvalue weighted by Gasteiger charge is 2.23. The van der Waals surface area contributed by atoms with Gasteiger partial charge in [0.1, 0.15) is 5.75 Å². The van der Waals surface area contributed by atoms with Gasteiger partial charge >= 0.3 is 0 Å². The molecule has 2 N–H and O–H groups in total. The van der Waals surface area contributed by atoms with Crippen molar-refractivity contribution in [1.29, 1.82) is 0 Å². The molecule has 0 saturated heterocycles. The minimum Gasteiger partial charge on any atom is -0.497 e. The van der Waals surface area contributed by atoms with Gasteiger partial charge in [0.15, 0.2) is 0 Å². The lowest BCUT2D eigenvalue weighted by molar-refractivity contribution is -0.118. The zero-order valence-electron chi connectivity index (χ0n) is 11.7. The molecule has 1 aliphatic rings. The zero-order chi connectivity index (χ0) is 14.4. The second-order valence-electron chi connectivity index (χ2n) is 5.08. The monoisotopic (exact) mass is 275 g/mol. The van der Waals surface area contributed by atoms with E-state index in [0.29, 0.717) is 0 Å². The van der Waals surface area contributed by atoms with Gasteiger partial charge in [-0.2, -0.15) is 0 Å². The average Bonchev–Trinajstić information content (AvgIpc) is 2.48. The van der Waals surface area contributed by atoms with Gasteiger partial charge in [-0.25, -0.2) is 0 Å². The maximum absolute atomic E-state index is 11.8. The zero-order valence-corrected chi connectivity index (χ0v) is 11.7. The fourth-order valence-corrected chi connectivity index (χ4v) is 2.43. The Labute approximate surface area is 119 Å². The van der Waals surface area contributed by atoms with E-state index in [1.54, 1.807) is 13.2 Å². The number of aliphatic hydroxyl groups is 1. The average molecular weight is 275 g/mol. The molecule has 0 unspecified atom stereocenters. The van der Waals surface area contributed by atoms with Crippen LogP contribution in [0.2, 0.25) is 0 Å². The SMILES string of the molecule is COc1cccc(/C=C/C(=O)N[C@H]2CCCC[C@@H]2O)c1. The van der Waals surface area contributed by atoms with Gasteiger partial charge in [-0.3, -0.25) is 4.79 Å². The minimum atomic E-state index is -0.419. The van der Waals surface area contributed by atoms with Crippen LogP contribution in [0.25, 0.3) is 6.08 Å². The number of hydrogen-bond acceptors (Lipinski definition) is 3. The van der Waals surface area contributed by atoms with Crippen molar-refractivity contribution in [3.63, 3.8) is 0 Å². The van der Waals surface area contributed by atoms with Crippen molar-refractivity contribution in [2.75, 3.05) is 7.11 Å². The van der Waals surface area contributed by atoms with E-state index >= 15 is 0 Å². The number of ether oxygens (including phenoxy) is 1. The number of amides is 1. The van der Waals surface area contributed by atoms with E-state index in [0.717, 1.165) is 37.0 Å². The van der Waals surface area contributed by atoms with Crippen LogP contribution in [-0.4, -0.2) is 30.3 Å². The van der Waals surface area contributed by atoms with Gasteiger partial charge in [0.25, 0.3) is 0 Å². The lowest BCUT2D eigenvalue weighted by atomic mass is 9.92. The molecule has 1 saturated carbocycles. The van der Waals surface area contributed by atoms with Crippen LogP contribution < -0.4 is 10.1 Å². The van der Waals surface area contributed by atoms with Crippen LogP contribution >= 0.6 is 0 Å². The van der Waals surface area contributed by atoms with Gasteiger partial charge in [-0.15, -0.1) is 0 Å². The number of rotatable bonds is 4. The van der Waals surface area contributed by atoms with E-state index in [1.165, 1.54) is 6.08 Å². The summed E-state index contributed by atoms with van der Waals surface area (Å²) in [6, 6.07) is 7.38. The normalized spacial score (nSPS) is 22.7. The maximum atomic E-state index is 11.8. The standard InChI is InChI=1S/C16H21NO3/c1-20-13-6-4-5-12(11-13)9-10-16(19)17-14-7-2-3-8-15(14)18/h4-6,9-11,14-15,18H,2-3,7-8H2,1H3,(H,17,19)/b10-9+/t14-,15-/m0/s1. The first-order chi connectivity index (χ1) is 9.69. The van der Waals surface area contributed by atoms with E-state index in [2.05, 4.69) is 5.32 Å². The molecule has 1 aromatic rings. The largest absolute Gasteiger partial charge is 0.497 e. The summed E-state index contributed by atoms with van der Waals surface area (Å²) < 4.78 is 5.13. The Morgan fingerprint density at radius 3 is 2.95 bits per heavy atom. The van der Waals surface area contributed by atoms with Crippen molar-refractivity contribution < 1.29 is 14.6 Å². The van der Waals surface area contributed by atoms with Crippen LogP contribution in [0.4, 0.5) is 0 Å². The predicted octanol–water partition coefficient (Wildman–Crippen LogP) is 2.13. The van der Waals surface area contributed by atoms with Crippen molar-refractivity contribution in [3.8, 4) is 5.75 Å². The molecule has 0 radical (unpaired) electrons. The van der Waals surface area contributed by atoms with Crippen molar-refractivity contribution in [3.05, 3.63) is 35.9 Å². The van der Waals surface area contributed by atoms with E-state index < -0.39 is 6.10 Å². The van der Waals surface area contributed by atoms with Gasteiger partial charge in [0, 0.05) is 6.08 Å². The van der Waals surface area contributed by atoms with Crippen LogP contribution in [0.5, 0.6) is 5.75 Å². The van der Waals surface area contributed by atoms with Crippen LogP contribution in [0, 0.1) is 0 Å². The quantitative estimate of drug-likeness (QED) is 0.828. The van der Waals surface area contributed by atoms with Crippen molar-refractivity contribution >= 4 is 12.0 Å². The molecule has 0 aromatic heterocycles. The Balaban J connectivity index is 1.91. The van der Waals surface area contributed by atoms with E-state index in [4.69, 9.17) is 4.74 Å². The van der Waals surface area contributed by atoms with Crippen LogP contribution in [0.3, 0.4) is 0 Å². The van der Waals surface area contributed by atoms with Gasteiger partial charge < -0.3 is 15.2 Å². The molecule has 4 heteroatoms. The molecule has 4 nitrogen and oxygen atoms in total. The Morgan fingerprint density at radius 2 is 2.20 bits per heavy atom. The smallest absolute Gasteiger partial charge is 0.244 e. The first-order valence-electron chi connectivity index (χ1n) is 7.00. The Kier molecular flexibility index (Phi) is 5.18. The summed E-state index contributed by atoms with van der Waals surface area (Å²) in [5.74, 6) is 0.592. The summed E-state index contributed by atoms with van der Waals surface area (Å²) in [4.78, 5) is 11.8. The number of benzene rings is 1. The summed E-state index contributed by atoms with van der Waals surface area (Å²) in [6.07, 6.45) is 6.53. The molecular formula is C16H21NO3. The van der Waals surface area contributed by atoms with E-state index in [1.807, 2.05) is 24.3 Å². The maximum Gasteiger partial charge on any atom is 0.244 e. The highest BCUT2D eigenvalue weighted by molar-refractivity contribution is 5.92. The predicted molar refractivity (Wildman–Crippen MR) is 78.4 cm³/mol. The number of aliphatic hydroxyl groups excluding tert-OH is 1. The third-order valence-electron chi connectivity index (χ3n) is 3.58. The minimum absolute atomic E-state index is 0.119. The second kappa shape index (κ2) is 7.10. The van der Waals surface area contributed by atoms with Gasteiger partial charge in [-0.1, -0.05) is 25.0 Å². The summed E-state index contributed by atoms with van der Waals surface area (Å²) in [5, 5.41) is 12.7. The Bertz CT molecular complexity index is 484. The topological polar surface area (TPSA) is 58.6 Å². The summed E-state index contributed by atoms with van der Waals surface area (Å²) in [6.45, 7) is 0. The fourth-order valence-electron chi connectivity index (χ4n) is 2.43. The van der Waals surface area contributed by atoms with Crippen molar-refractivity contribution in [2.24, 2.45) is 0 Å². The first kappa shape index (κ1) is 14.6. The van der Waals surface area contributed by atoms with Gasteiger partial charge in [0.2, 0.25) is 5.91 Å². The molecule has 1 aromatic carbocycles. The van der Waals surface area contributed by atoms with Crippen LogP contribution in [0.15, 0.2) is 30.3 Å². The second-order valence-corrected chi connectivity index (χ2v) is 5.08. The van der Waals surface area contributed by atoms with Crippen LogP contribution in [-0.2, 0) is 4.79 Å².